The predicted molar refractivity (Wildman–Crippen MR) is 82.9 cm³/mol. The van der Waals surface area contributed by atoms with Gasteiger partial charge in [-0.1, -0.05) is 25.1 Å². The molecule has 0 radical (unpaired) electrons. The molecule has 1 saturated heterocycles. The minimum atomic E-state index is 0.278. The number of para-hydroxylation sites is 1. The van der Waals surface area contributed by atoms with Crippen molar-refractivity contribution < 1.29 is 4.42 Å². The Morgan fingerprint density at radius 1 is 1.30 bits per heavy atom. The van der Waals surface area contributed by atoms with Gasteiger partial charge in [0.2, 0.25) is 0 Å². The fourth-order valence-electron chi connectivity index (χ4n) is 3.07. The first-order valence-electron chi connectivity index (χ1n) is 7.73. The van der Waals surface area contributed by atoms with Crippen molar-refractivity contribution in [2.75, 3.05) is 19.6 Å². The third-order valence-corrected chi connectivity index (χ3v) is 4.39. The van der Waals surface area contributed by atoms with E-state index in [2.05, 4.69) is 42.3 Å². The molecule has 1 fully saturated rings. The van der Waals surface area contributed by atoms with E-state index in [0.29, 0.717) is 6.04 Å². The molecule has 0 aliphatic carbocycles. The predicted octanol–water partition coefficient (Wildman–Crippen LogP) is 3.57. The van der Waals surface area contributed by atoms with Crippen molar-refractivity contribution in [2.45, 2.75) is 38.8 Å². The van der Waals surface area contributed by atoms with Crippen LogP contribution in [0.2, 0.25) is 0 Å². The molecule has 1 aromatic heterocycles. The highest BCUT2D eigenvalue weighted by atomic mass is 16.3. The van der Waals surface area contributed by atoms with Crippen LogP contribution in [0.15, 0.2) is 34.7 Å². The summed E-state index contributed by atoms with van der Waals surface area (Å²) in [6, 6.07) is 11.3. The molecule has 3 heteroatoms. The lowest BCUT2D eigenvalue weighted by Crippen LogP contribution is -2.43. The van der Waals surface area contributed by atoms with Crippen molar-refractivity contribution in [1.82, 2.24) is 10.2 Å². The highest BCUT2D eigenvalue weighted by Gasteiger charge is 2.21. The summed E-state index contributed by atoms with van der Waals surface area (Å²) in [4.78, 5) is 2.52. The summed E-state index contributed by atoms with van der Waals surface area (Å²) in [6.07, 6.45) is 2.47. The summed E-state index contributed by atoms with van der Waals surface area (Å²) in [5.41, 5.74) is 0.983. The van der Waals surface area contributed by atoms with E-state index < -0.39 is 0 Å². The van der Waals surface area contributed by atoms with E-state index >= 15 is 0 Å². The van der Waals surface area contributed by atoms with Gasteiger partial charge in [0.25, 0.3) is 0 Å². The number of likely N-dealkylation sites (tertiary alicyclic amines) is 1. The zero-order valence-electron chi connectivity index (χ0n) is 12.4. The molecule has 0 amide bonds. The minimum Gasteiger partial charge on any atom is -0.459 e. The molecule has 1 aliphatic rings. The highest BCUT2D eigenvalue weighted by molar-refractivity contribution is 5.77. The van der Waals surface area contributed by atoms with E-state index in [1.54, 1.807) is 0 Å². The average molecular weight is 272 g/mol. The molecule has 2 heterocycles. The first-order chi connectivity index (χ1) is 9.76. The quantitative estimate of drug-likeness (QED) is 0.922. The van der Waals surface area contributed by atoms with Crippen LogP contribution in [0.3, 0.4) is 0 Å². The Hall–Kier alpha value is -1.32. The minimum absolute atomic E-state index is 0.278. The van der Waals surface area contributed by atoms with Crippen LogP contribution in [0.5, 0.6) is 0 Å². The number of nitrogens with one attached hydrogen (secondary N) is 1. The number of fused-ring (bicyclic) bond motifs is 1. The van der Waals surface area contributed by atoms with Crippen LogP contribution in [0.25, 0.3) is 11.0 Å². The van der Waals surface area contributed by atoms with Gasteiger partial charge in [-0.25, -0.2) is 0 Å². The summed E-state index contributed by atoms with van der Waals surface area (Å²) in [5.74, 6) is 1.05. The second kappa shape index (κ2) is 5.98. The number of nitrogens with zero attached hydrogens (tertiary/aromatic N) is 1. The molecule has 0 bridgehead atoms. The maximum absolute atomic E-state index is 5.94. The zero-order chi connectivity index (χ0) is 13.9. The summed E-state index contributed by atoms with van der Waals surface area (Å²) >= 11 is 0. The molecule has 1 unspecified atom stereocenters. The zero-order valence-corrected chi connectivity index (χ0v) is 12.4. The van der Waals surface area contributed by atoms with Crippen molar-refractivity contribution in [1.29, 1.82) is 0 Å². The number of rotatable bonds is 4. The van der Waals surface area contributed by atoms with Crippen LogP contribution in [-0.2, 0) is 0 Å². The van der Waals surface area contributed by atoms with E-state index in [9.17, 15) is 0 Å². The van der Waals surface area contributed by atoms with Crippen LogP contribution in [0, 0.1) is 0 Å². The van der Waals surface area contributed by atoms with Gasteiger partial charge in [0.1, 0.15) is 11.3 Å². The maximum Gasteiger partial charge on any atom is 0.134 e. The van der Waals surface area contributed by atoms with E-state index in [-0.39, 0.29) is 6.04 Å². The molecule has 1 aromatic carbocycles. The first kappa shape index (κ1) is 13.7. The number of piperidine rings is 1. The molecule has 1 N–H and O–H groups in total. The van der Waals surface area contributed by atoms with Gasteiger partial charge in [-0.15, -0.1) is 0 Å². The van der Waals surface area contributed by atoms with Crippen LogP contribution in [-0.4, -0.2) is 30.6 Å². The Bertz CT molecular complexity index is 522. The van der Waals surface area contributed by atoms with Crippen molar-refractivity contribution >= 4 is 11.0 Å². The van der Waals surface area contributed by atoms with Gasteiger partial charge in [-0.3, -0.25) is 0 Å². The van der Waals surface area contributed by atoms with Crippen LogP contribution < -0.4 is 5.32 Å². The van der Waals surface area contributed by atoms with Gasteiger partial charge in [0.15, 0.2) is 0 Å². The monoisotopic (exact) mass is 272 g/mol. The standard InChI is InChI=1S/C17H24N2O/c1-3-19-10-8-15(9-11-19)18-13(2)17-12-14-6-4-5-7-16(14)20-17/h4-7,12-13,15,18H,3,8-11H2,1-2H3. The van der Waals surface area contributed by atoms with E-state index in [1.807, 2.05) is 12.1 Å². The normalized spacial score (nSPS) is 19.5. The van der Waals surface area contributed by atoms with Crippen molar-refractivity contribution in [3.05, 3.63) is 36.1 Å². The molecule has 0 spiro atoms. The second-order valence-electron chi connectivity index (χ2n) is 5.78. The largest absolute Gasteiger partial charge is 0.459 e. The van der Waals surface area contributed by atoms with E-state index in [1.165, 1.54) is 37.9 Å². The first-order valence-corrected chi connectivity index (χ1v) is 7.73. The molecule has 108 valence electrons. The van der Waals surface area contributed by atoms with Crippen LogP contribution in [0.1, 0.15) is 38.5 Å². The molecule has 2 aromatic rings. The molecule has 3 nitrogen and oxygen atoms in total. The van der Waals surface area contributed by atoms with Gasteiger partial charge >= 0.3 is 0 Å². The number of hydrogen-bond donors (Lipinski definition) is 1. The Morgan fingerprint density at radius 2 is 2.05 bits per heavy atom. The van der Waals surface area contributed by atoms with Gasteiger partial charge in [0, 0.05) is 11.4 Å². The summed E-state index contributed by atoms with van der Waals surface area (Å²) < 4.78 is 5.94. The van der Waals surface area contributed by atoms with Gasteiger partial charge in [-0.05, 0) is 51.5 Å². The number of hydrogen-bond acceptors (Lipinski definition) is 3. The molecular weight excluding hydrogens is 248 g/mol. The molecule has 20 heavy (non-hydrogen) atoms. The Balaban J connectivity index is 1.63. The molecule has 3 rings (SSSR count). The SMILES string of the molecule is CCN1CCC(NC(C)c2cc3ccccc3o2)CC1. The second-order valence-corrected chi connectivity index (χ2v) is 5.78. The lowest BCUT2D eigenvalue weighted by atomic mass is 10.0. The Morgan fingerprint density at radius 3 is 2.75 bits per heavy atom. The van der Waals surface area contributed by atoms with Crippen molar-refractivity contribution in [3.8, 4) is 0 Å². The van der Waals surface area contributed by atoms with Crippen molar-refractivity contribution in [2.24, 2.45) is 0 Å². The van der Waals surface area contributed by atoms with Gasteiger partial charge in [-0.2, -0.15) is 0 Å². The Kier molecular flexibility index (Phi) is 4.08. The molecular formula is C17H24N2O. The molecule has 1 atom stereocenters. The fraction of sp³-hybridized carbons (Fsp3) is 0.529. The van der Waals surface area contributed by atoms with Gasteiger partial charge < -0.3 is 14.6 Å². The number of benzene rings is 1. The smallest absolute Gasteiger partial charge is 0.134 e. The van der Waals surface area contributed by atoms with Crippen LogP contribution >= 0.6 is 0 Å². The third-order valence-electron chi connectivity index (χ3n) is 4.39. The lowest BCUT2D eigenvalue weighted by molar-refractivity contribution is 0.197. The molecule has 1 aliphatic heterocycles. The summed E-state index contributed by atoms with van der Waals surface area (Å²) in [7, 11) is 0. The van der Waals surface area contributed by atoms with E-state index in [0.717, 1.165) is 11.3 Å². The van der Waals surface area contributed by atoms with Gasteiger partial charge in [0.05, 0.1) is 6.04 Å². The van der Waals surface area contributed by atoms with Crippen molar-refractivity contribution in [3.63, 3.8) is 0 Å². The fourth-order valence-corrected chi connectivity index (χ4v) is 3.07. The third kappa shape index (κ3) is 2.89. The maximum atomic E-state index is 5.94. The lowest BCUT2D eigenvalue weighted by Gasteiger charge is -2.32. The van der Waals surface area contributed by atoms with Crippen LogP contribution in [0.4, 0.5) is 0 Å². The van der Waals surface area contributed by atoms with E-state index in [4.69, 9.17) is 4.42 Å². The topological polar surface area (TPSA) is 28.4 Å². The Labute approximate surface area is 120 Å². The average Bonchev–Trinajstić information content (AvgIpc) is 2.92. The molecule has 0 saturated carbocycles. The summed E-state index contributed by atoms with van der Waals surface area (Å²) in [6.45, 7) is 8.03. The highest BCUT2D eigenvalue weighted by Crippen LogP contribution is 2.24. The summed E-state index contributed by atoms with van der Waals surface area (Å²) in [5, 5.41) is 4.91. The number of furan rings is 1.